The zero-order chi connectivity index (χ0) is 25.2. The summed E-state index contributed by atoms with van der Waals surface area (Å²) >= 11 is 0. The third kappa shape index (κ3) is 5.93. The minimum Gasteiger partial charge on any atom is -0.473 e. The Kier molecular flexibility index (Phi) is 7.04. The van der Waals surface area contributed by atoms with E-state index in [-0.39, 0.29) is 34.5 Å². The summed E-state index contributed by atoms with van der Waals surface area (Å²) in [7, 11) is -0.0700. The van der Waals surface area contributed by atoms with Crippen LogP contribution in [0.1, 0.15) is 36.3 Å². The Morgan fingerprint density at radius 1 is 1.14 bits per heavy atom. The molecule has 0 bridgehead atoms. The molecule has 1 aliphatic rings. The Balaban J connectivity index is 1.44. The zero-order valence-corrected chi connectivity index (χ0v) is 19.9. The molecule has 0 radical (unpaired) electrons. The van der Waals surface area contributed by atoms with E-state index in [2.05, 4.69) is 19.4 Å². The molecule has 8 nitrogen and oxygen atoms in total. The summed E-state index contributed by atoms with van der Waals surface area (Å²) in [6.45, 7) is 0. The fourth-order valence-electron chi connectivity index (χ4n) is 4.29. The van der Waals surface area contributed by atoms with Crippen LogP contribution in [0.3, 0.4) is 0 Å². The number of ether oxygens (including phenoxy) is 1. The molecule has 2 aromatic heterocycles. The predicted molar refractivity (Wildman–Crippen MR) is 121 cm³/mol. The van der Waals surface area contributed by atoms with Gasteiger partial charge in [0.15, 0.2) is 0 Å². The summed E-state index contributed by atoms with van der Waals surface area (Å²) in [6, 6.07) is 8.30. The molecule has 1 N–H and O–H groups in total. The molecule has 0 spiro atoms. The maximum Gasteiger partial charge on any atom is 0.416 e. The van der Waals surface area contributed by atoms with Crippen molar-refractivity contribution in [2.24, 2.45) is 0 Å². The monoisotopic (exact) mass is 510 g/mol. The summed E-state index contributed by atoms with van der Waals surface area (Å²) in [4.78, 5) is 6.09. The Labute approximate surface area is 201 Å². The van der Waals surface area contributed by atoms with Crippen molar-refractivity contribution in [1.82, 2.24) is 15.0 Å². The van der Waals surface area contributed by atoms with E-state index < -0.39 is 21.8 Å². The maximum absolute atomic E-state index is 13.2. The van der Waals surface area contributed by atoms with Gasteiger partial charge in [-0.1, -0.05) is 23.4 Å². The molecule has 0 aliphatic heterocycles. The van der Waals surface area contributed by atoms with Crippen molar-refractivity contribution in [2.45, 2.75) is 48.4 Å². The Bertz CT molecular complexity index is 1230. The molecular weight excluding hydrogens is 485 g/mol. The molecule has 1 aliphatic carbocycles. The van der Waals surface area contributed by atoms with Gasteiger partial charge in [0.1, 0.15) is 22.9 Å². The second-order valence-corrected chi connectivity index (χ2v) is 10.4. The van der Waals surface area contributed by atoms with Gasteiger partial charge in [-0.05, 0) is 57.0 Å². The van der Waals surface area contributed by atoms with Gasteiger partial charge in [-0.2, -0.15) is 13.2 Å². The number of alkyl halides is 3. The second kappa shape index (κ2) is 9.86. The van der Waals surface area contributed by atoms with Crippen molar-refractivity contribution < 1.29 is 30.8 Å². The standard InChI is InChI=1S/C23H25F3N4O4S/c1-30(2)20-11-16(15-4-3-5-17(10-15)23(24,25)26)6-8-21(20)34-22-9-7-19(13-27-22)35(31,32)29-18-12-28-33-14-18/h3-5,7,9-10,12-14,16,20-21,29H,6,8,11H2,1-2H3/t16-,20-,21-/m0/s1. The highest BCUT2D eigenvalue weighted by molar-refractivity contribution is 7.92. The van der Waals surface area contributed by atoms with Crippen LogP contribution in [0.25, 0.3) is 0 Å². The van der Waals surface area contributed by atoms with Gasteiger partial charge in [0, 0.05) is 12.1 Å². The van der Waals surface area contributed by atoms with Gasteiger partial charge >= 0.3 is 6.18 Å². The minimum absolute atomic E-state index is 0.0338. The quantitative estimate of drug-likeness (QED) is 0.499. The van der Waals surface area contributed by atoms with Gasteiger partial charge in [-0.15, -0.1) is 0 Å². The first-order chi connectivity index (χ1) is 16.5. The van der Waals surface area contributed by atoms with Crippen LogP contribution in [0, 0.1) is 0 Å². The van der Waals surface area contributed by atoms with E-state index in [9.17, 15) is 21.6 Å². The van der Waals surface area contributed by atoms with Gasteiger partial charge in [-0.3, -0.25) is 4.72 Å². The van der Waals surface area contributed by atoms with Crippen LogP contribution < -0.4 is 9.46 Å². The van der Waals surface area contributed by atoms with Gasteiger partial charge < -0.3 is 14.2 Å². The van der Waals surface area contributed by atoms with E-state index in [1.54, 1.807) is 6.07 Å². The maximum atomic E-state index is 13.2. The number of halogens is 3. The molecule has 0 saturated heterocycles. The van der Waals surface area contributed by atoms with Crippen LogP contribution in [0.5, 0.6) is 5.88 Å². The van der Waals surface area contributed by atoms with Crippen LogP contribution in [-0.4, -0.2) is 49.7 Å². The Morgan fingerprint density at radius 3 is 2.57 bits per heavy atom. The molecule has 12 heteroatoms. The molecule has 3 atom stereocenters. The average molecular weight is 511 g/mol. The Hall–Kier alpha value is -3.12. The highest BCUT2D eigenvalue weighted by Crippen LogP contribution is 2.38. The SMILES string of the molecule is CN(C)[C@H]1C[C@@H](c2cccc(C(F)(F)F)c2)CC[C@@H]1Oc1ccc(S(=O)(=O)Nc2cnoc2)cn1. The first-order valence-corrected chi connectivity index (χ1v) is 12.4. The lowest BCUT2D eigenvalue weighted by atomic mass is 9.79. The zero-order valence-electron chi connectivity index (χ0n) is 19.1. The summed E-state index contributed by atoms with van der Waals surface area (Å²) in [5.41, 5.74) is 0.211. The number of hydrogen-bond donors (Lipinski definition) is 1. The molecular formula is C23H25F3N4O4S. The molecule has 35 heavy (non-hydrogen) atoms. The number of sulfonamides is 1. The molecule has 1 fully saturated rings. The van der Waals surface area contributed by atoms with Crippen molar-refractivity contribution in [2.75, 3.05) is 18.8 Å². The molecule has 1 aromatic carbocycles. The van der Waals surface area contributed by atoms with Crippen LogP contribution in [0.4, 0.5) is 18.9 Å². The van der Waals surface area contributed by atoms with Crippen molar-refractivity contribution in [3.63, 3.8) is 0 Å². The molecule has 4 rings (SSSR count). The normalized spacial score (nSPS) is 21.1. The number of pyridine rings is 1. The molecule has 0 amide bonds. The van der Waals surface area contributed by atoms with E-state index in [1.165, 1.54) is 42.9 Å². The van der Waals surface area contributed by atoms with Crippen LogP contribution in [0.2, 0.25) is 0 Å². The molecule has 1 saturated carbocycles. The minimum atomic E-state index is -4.38. The smallest absolute Gasteiger partial charge is 0.416 e. The molecule has 3 aromatic rings. The van der Waals surface area contributed by atoms with Crippen molar-refractivity contribution in [3.05, 3.63) is 66.2 Å². The van der Waals surface area contributed by atoms with Gasteiger partial charge in [0.25, 0.3) is 10.0 Å². The molecule has 2 heterocycles. The summed E-state index contributed by atoms with van der Waals surface area (Å²) in [5, 5.41) is 3.45. The van der Waals surface area contributed by atoms with Crippen LogP contribution >= 0.6 is 0 Å². The van der Waals surface area contributed by atoms with E-state index in [4.69, 9.17) is 4.74 Å². The number of rotatable bonds is 7. The number of likely N-dealkylation sites (N-methyl/N-ethyl adjacent to an activating group) is 1. The largest absolute Gasteiger partial charge is 0.473 e. The number of nitrogens with one attached hydrogen (secondary N) is 1. The average Bonchev–Trinajstić information content (AvgIpc) is 3.31. The number of nitrogens with zero attached hydrogens (tertiary/aromatic N) is 3. The van der Waals surface area contributed by atoms with Crippen molar-refractivity contribution >= 4 is 15.7 Å². The first kappa shape index (κ1) is 25.0. The first-order valence-electron chi connectivity index (χ1n) is 10.9. The number of anilines is 1. The second-order valence-electron chi connectivity index (χ2n) is 8.67. The number of hydrogen-bond acceptors (Lipinski definition) is 7. The third-order valence-corrected chi connectivity index (χ3v) is 7.45. The summed E-state index contributed by atoms with van der Waals surface area (Å²) in [5.74, 6) is 0.233. The molecule has 188 valence electrons. The summed E-state index contributed by atoms with van der Waals surface area (Å²) < 4.78 is 77.4. The van der Waals surface area contributed by atoms with Crippen LogP contribution in [-0.2, 0) is 16.2 Å². The lowest BCUT2D eigenvalue weighted by Gasteiger charge is -2.39. The van der Waals surface area contributed by atoms with E-state index >= 15 is 0 Å². The highest BCUT2D eigenvalue weighted by atomic mass is 32.2. The fourth-order valence-corrected chi connectivity index (χ4v) is 5.26. The summed E-state index contributed by atoms with van der Waals surface area (Å²) in [6.07, 6.45) is 0.855. The number of benzene rings is 1. The Morgan fingerprint density at radius 2 is 1.94 bits per heavy atom. The van der Waals surface area contributed by atoms with Gasteiger partial charge in [-0.25, -0.2) is 13.4 Å². The van der Waals surface area contributed by atoms with E-state index in [0.29, 0.717) is 24.8 Å². The van der Waals surface area contributed by atoms with Crippen molar-refractivity contribution in [1.29, 1.82) is 0 Å². The van der Waals surface area contributed by atoms with Crippen LogP contribution in [0.15, 0.2) is 64.5 Å². The fraction of sp³-hybridized carbons (Fsp3) is 0.391. The number of aromatic nitrogens is 2. The lowest BCUT2D eigenvalue weighted by Crippen LogP contribution is -2.46. The van der Waals surface area contributed by atoms with Crippen molar-refractivity contribution in [3.8, 4) is 5.88 Å². The van der Waals surface area contributed by atoms with Gasteiger partial charge in [0.05, 0.1) is 18.0 Å². The highest BCUT2D eigenvalue weighted by Gasteiger charge is 2.36. The molecule has 0 unspecified atom stereocenters. The van der Waals surface area contributed by atoms with Gasteiger partial charge in [0.2, 0.25) is 5.88 Å². The lowest BCUT2D eigenvalue weighted by molar-refractivity contribution is -0.137. The topological polar surface area (TPSA) is 97.6 Å². The van der Waals surface area contributed by atoms with E-state index in [0.717, 1.165) is 6.07 Å². The predicted octanol–water partition coefficient (Wildman–Crippen LogP) is 4.53. The van der Waals surface area contributed by atoms with E-state index in [1.807, 2.05) is 19.0 Å². The third-order valence-electron chi connectivity index (χ3n) is 6.08.